The fraction of sp³-hybridized carbons (Fsp3) is 0.167. The van der Waals surface area contributed by atoms with Crippen LogP contribution in [0.2, 0.25) is 10.2 Å². The standard InChI is InChI=1S/C12H11Cl2N3O3S/c1-20-11-3-2-8(5-15-11)6-17-21(18,19)9-4-10(13)12(14)16-7-9/h2-5,7,17H,6H2,1H3. The first-order valence-corrected chi connectivity index (χ1v) is 7.96. The summed E-state index contributed by atoms with van der Waals surface area (Å²) in [4.78, 5) is 7.64. The Balaban J connectivity index is 2.11. The van der Waals surface area contributed by atoms with E-state index in [1.165, 1.54) is 19.4 Å². The Morgan fingerprint density at radius 2 is 2.00 bits per heavy atom. The first-order chi connectivity index (χ1) is 9.92. The van der Waals surface area contributed by atoms with Gasteiger partial charge >= 0.3 is 0 Å². The molecule has 9 heteroatoms. The number of halogens is 2. The van der Waals surface area contributed by atoms with Gasteiger partial charge in [0.15, 0.2) is 0 Å². The van der Waals surface area contributed by atoms with Crippen LogP contribution in [0.15, 0.2) is 35.5 Å². The van der Waals surface area contributed by atoms with Gasteiger partial charge in [-0.2, -0.15) is 0 Å². The summed E-state index contributed by atoms with van der Waals surface area (Å²) in [5.41, 5.74) is 0.687. The van der Waals surface area contributed by atoms with E-state index in [0.717, 1.165) is 6.20 Å². The van der Waals surface area contributed by atoms with Crippen LogP contribution >= 0.6 is 23.2 Å². The summed E-state index contributed by atoms with van der Waals surface area (Å²) >= 11 is 11.4. The summed E-state index contributed by atoms with van der Waals surface area (Å²) in [5.74, 6) is 0.454. The number of aromatic nitrogens is 2. The third-order valence-electron chi connectivity index (χ3n) is 2.55. The molecule has 0 aliphatic carbocycles. The fourth-order valence-electron chi connectivity index (χ4n) is 1.45. The van der Waals surface area contributed by atoms with Crippen molar-refractivity contribution >= 4 is 33.2 Å². The van der Waals surface area contributed by atoms with Crippen LogP contribution in [0.25, 0.3) is 0 Å². The van der Waals surface area contributed by atoms with Gasteiger partial charge in [0.2, 0.25) is 15.9 Å². The maximum atomic E-state index is 12.1. The lowest BCUT2D eigenvalue weighted by molar-refractivity contribution is 0.397. The van der Waals surface area contributed by atoms with Gasteiger partial charge in [-0.25, -0.2) is 23.1 Å². The number of methoxy groups -OCH3 is 1. The van der Waals surface area contributed by atoms with Crippen LogP contribution in [0.3, 0.4) is 0 Å². The van der Waals surface area contributed by atoms with Gasteiger partial charge in [0.05, 0.1) is 12.1 Å². The van der Waals surface area contributed by atoms with Gasteiger partial charge in [-0.05, 0) is 11.6 Å². The Hall–Kier alpha value is -1.41. The maximum absolute atomic E-state index is 12.1. The summed E-state index contributed by atoms with van der Waals surface area (Å²) in [5, 5.41) is 0.126. The zero-order valence-electron chi connectivity index (χ0n) is 10.9. The van der Waals surface area contributed by atoms with E-state index in [-0.39, 0.29) is 21.6 Å². The molecule has 0 radical (unpaired) electrons. The molecule has 0 aliphatic heterocycles. The van der Waals surface area contributed by atoms with Crippen molar-refractivity contribution in [3.63, 3.8) is 0 Å². The summed E-state index contributed by atoms with van der Waals surface area (Å²) in [6, 6.07) is 4.59. The molecule has 2 heterocycles. The van der Waals surface area contributed by atoms with Gasteiger partial charge in [0.25, 0.3) is 0 Å². The third-order valence-corrected chi connectivity index (χ3v) is 4.61. The largest absolute Gasteiger partial charge is 0.481 e. The van der Waals surface area contributed by atoms with Crippen LogP contribution in [-0.4, -0.2) is 25.5 Å². The van der Waals surface area contributed by atoms with E-state index in [0.29, 0.717) is 11.4 Å². The highest BCUT2D eigenvalue weighted by atomic mass is 35.5. The SMILES string of the molecule is COc1ccc(CNS(=O)(=O)c2cnc(Cl)c(Cl)c2)cn1. The Bertz CT molecular complexity index is 736. The molecule has 0 atom stereocenters. The number of rotatable bonds is 5. The van der Waals surface area contributed by atoms with E-state index in [1.807, 2.05) is 0 Å². The molecule has 0 fully saturated rings. The molecule has 0 aliphatic rings. The van der Waals surface area contributed by atoms with Crippen LogP contribution < -0.4 is 9.46 Å². The summed E-state index contributed by atoms with van der Waals surface area (Å²) in [6.45, 7) is 0.0829. The molecule has 0 bridgehead atoms. The summed E-state index contributed by atoms with van der Waals surface area (Å²) in [7, 11) is -2.23. The van der Waals surface area contributed by atoms with E-state index >= 15 is 0 Å². The van der Waals surface area contributed by atoms with E-state index in [4.69, 9.17) is 27.9 Å². The molecule has 2 rings (SSSR count). The van der Waals surface area contributed by atoms with Crippen molar-refractivity contribution in [2.75, 3.05) is 7.11 Å². The molecule has 6 nitrogen and oxygen atoms in total. The highest BCUT2D eigenvalue weighted by Crippen LogP contribution is 2.22. The predicted molar refractivity (Wildman–Crippen MR) is 79.1 cm³/mol. The van der Waals surface area contributed by atoms with Gasteiger partial charge in [0, 0.05) is 25.0 Å². The fourth-order valence-corrected chi connectivity index (χ4v) is 2.77. The van der Waals surface area contributed by atoms with Crippen molar-refractivity contribution in [1.82, 2.24) is 14.7 Å². The van der Waals surface area contributed by atoms with Gasteiger partial charge in [-0.3, -0.25) is 0 Å². The average Bonchev–Trinajstić information content (AvgIpc) is 2.48. The molecule has 2 aromatic heterocycles. The van der Waals surface area contributed by atoms with Gasteiger partial charge in [-0.15, -0.1) is 0 Å². The van der Waals surface area contributed by atoms with Crippen molar-refractivity contribution in [2.24, 2.45) is 0 Å². The predicted octanol–water partition coefficient (Wildman–Crippen LogP) is 2.27. The van der Waals surface area contributed by atoms with E-state index in [2.05, 4.69) is 14.7 Å². The Morgan fingerprint density at radius 3 is 2.57 bits per heavy atom. The van der Waals surface area contributed by atoms with E-state index in [9.17, 15) is 8.42 Å². The Labute approximate surface area is 132 Å². The van der Waals surface area contributed by atoms with Gasteiger partial charge < -0.3 is 4.74 Å². The van der Waals surface area contributed by atoms with E-state index in [1.54, 1.807) is 12.1 Å². The molecule has 0 unspecified atom stereocenters. The highest BCUT2D eigenvalue weighted by Gasteiger charge is 2.16. The van der Waals surface area contributed by atoms with Crippen molar-refractivity contribution in [3.05, 3.63) is 46.3 Å². The lowest BCUT2D eigenvalue weighted by Gasteiger charge is -2.07. The number of nitrogens with one attached hydrogen (secondary N) is 1. The minimum absolute atomic E-state index is 0.0509. The highest BCUT2D eigenvalue weighted by molar-refractivity contribution is 7.89. The molecule has 0 saturated carbocycles. The molecule has 0 amide bonds. The number of sulfonamides is 1. The number of nitrogens with zero attached hydrogens (tertiary/aromatic N) is 2. The van der Waals surface area contributed by atoms with E-state index < -0.39 is 10.0 Å². The summed E-state index contributed by atoms with van der Waals surface area (Å²) in [6.07, 6.45) is 2.66. The molecule has 0 spiro atoms. The second-order valence-electron chi connectivity index (χ2n) is 3.98. The summed E-state index contributed by atoms with van der Waals surface area (Å²) < 4.78 is 31.5. The molecule has 112 valence electrons. The van der Waals surface area contributed by atoms with Gasteiger partial charge in [0.1, 0.15) is 10.0 Å². The number of hydrogen-bond donors (Lipinski definition) is 1. The Morgan fingerprint density at radius 1 is 1.24 bits per heavy atom. The molecular formula is C12H11Cl2N3O3S. The van der Waals surface area contributed by atoms with Crippen molar-refractivity contribution in [1.29, 1.82) is 0 Å². The normalized spacial score (nSPS) is 11.4. The first kappa shape index (κ1) is 16.0. The first-order valence-electron chi connectivity index (χ1n) is 5.72. The van der Waals surface area contributed by atoms with Crippen molar-refractivity contribution in [3.8, 4) is 5.88 Å². The second-order valence-corrected chi connectivity index (χ2v) is 6.51. The van der Waals surface area contributed by atoms with Gasteiger partial charge in [-0.1, -0.05) is 29.3 Å². The molecular weight excluding hydrogens is 337 g/mol. The lowest BCUT2D eigenvalue weighted by Crippen LogP contribution is -2.23. The zero-order chi connectivity index (χ0) is 15.5. The topological polar surface area (TPSA) is 81.2 Å². The average molecular weight is 348 g/mol. The number of ether oxygens (including phenoxy) is 1. The smallest absolute Gasteiger partial charge is 0.242 e. The molecule has 2 aromatic rings. The number of hydrogen-bond acceptors (Lipinski definition) is 5. The van der Waals surface area contributed by atoms with Crippen LogP contribution in [-0.2, 0) is 16.6 Å². The second kappa shape index (κ2) is 6.57. The van der Waals surface area contributed by atoms with Crippen molar-refractivity contribution < 1.29 is 13.2 Å². The third kappa shape index (κ3) is 4.04. The minimum atomic E-state index is -3.73. The van der Waals surface area contributed by atoms with Crippen LogP contribution in [0.1, 0.15) is 5.56 Å². The minimum Gasteiger partial charge on any atom is -0.481 e. The molecule has 0 saturated heterocycles. The van der Waals surface area contributed by atoms with Crippen molar-refractivity contribution in [2.45, 2.75) is 11.4 Å². The number of pyridine rings is 2. The maximum Gasteiger partial charge on any atom is 0.242 e. The lowest BCUT2D eigenvalue weighted by atomic mass is 10.3. The van der Waals surface area contributed by atoms with Crippen LogP contribution in [0.5, 0.6) is 5.88 Å². The quantitative estimate of drug-likeness (QED) is 0.839. The Kier molecular flexibility index (Phi) is 5.00. The molecule has 0 aromatic carbocycles. The van der Waals surface area contributed by atoms with Crippen LogP contribution in [0.4, 0.5) is 0 Å². The van der Waals surface area contributed by atoms with Crippen LogP contribution in [0, 0.1) is 0 Å². The monoisotopic (exact) mass is 347 g/mol. The zero-order valence-corrected chi connectivity index (χ0v) is 13.2. The molecule has 1 N–H and O–H groups in total. The molecule has 21 heavy (non-hydrogen) atoms.